The monoisotopic (exact) mass is 370 g/mol. The minimum absolute atomic E-state index is 0.266. The van der Waals surface area contributed by atoms with Crippen molar-refractivity contribution >= 4 is 17.9 Å². The zero-order chi connectivity index (χ0) is 19.5. The lowest BCUT2D eigenvalue weighted by Crippen LogP contribution is -2.42. The molecule has 0 bridgehead atoms. The van der Waals surface area contributed by atoms with E-state index in [-0.39, 0.29) is 6.54 Å². The molecule has 0 fully saturated rings. The van der Waals surface area contributed by atoms with Gasteiger partial charge in [0, 0.05) is 13.7 Å². The zero-order valence-corrected chi connectivity index (χ0v) is 15.1. The van der Waals surface area contributed by atoms with Gasteiger partial charge in [0.25, 0.3) is 5.91 Å². The van der Waals surface area contributed by atoms with Gasteiger partial charge < -0.3 is 14.8 Å². The third kappa shape index (κ3) is 6.91. The fraction of sp³-hybridized carbons (Fsp3) is 0.250. The first kappa shape index (κ1) is 20.1. The summed E-state index contributed by atoms with van der Waals surface area (Å²) in [5.41, 5.74) is 2.24. The largest absolute Gasteiger partial charge is 0.452 e. The number of imide groups is 1. The molecule has 142 valence electrons. The van der Waals surface area contributed by atoms with Crippen LogP contribution in [0.2, 0.25) is 0 Å². The van der Waals surface area contributed by atoms with Gasteiger partial charge >= 0.3 is 12.0 Å². The van der Waals surface area contributed by atoms with Crippen molar-refractivity contribution in [2.75, 3.05) is 26.9 Å². The van der Waals surface area contributed by atoms with Crippen LogP contribution < -0.4 is 10.6 Å². The molecule has 0 saturated heterocycles. The second-order valence-electron chi connectivity index (χ2n) is 5.69. The quantitative estimate of drug-likeness (QED) is 0.547. The Labute approximate surface area is 157 Å². The van der Waals surface area contributed by atoms with Crippen molar-refractivity contribution in [3.8, 4) is 0 Å². The highest BCUT2D eigenvalue weighted by atomic mass is 16.5. The summed E-state index contributed by atoms with van der Waals surface area (Å²) in [6.45, 7) is 0.0489. The molecule has 2 rings (SSSR count). The number of esters is 1. The normalized spacial score (nSPS) is 10.1. The lowest BCUT2D eigenvalue weighted by molar-refractivity contribution is -0.123. The van der Waals surface area contributed by atoms with E-state index >= 15 is 0 Å². The molecule has 0 aliphatic rings. The van der Waals surface area contributed by atoms with E-state index in [2.05, 4.69) is 10.6 Å². The molecule has 2 aromatic carbocycles. The van der Waals surface area contributed by atoms with Gasteiger partial charge in [-0.25, -0.2) is 9.59 Å². The Bertz CT molecular complexity index is 777. The topological polar surface area (TPSA) is 93.7 Å². The molecule has 0 aliphatic carbocycles. The summed E-state index contributed by atoms with van der Waals surface area (Å²) < 4.78 is 9.82. The molecule has 0 atom stereocenters. The van der Waals surface area contributed by atoms with Crippen molar-refractivity contribution in [3.63, 3.8) is 0 Å². The number of benzene rings is 2. The molecular formula is C20H22N2O5. The zero-order valence-electron chi connectivity index (χ0n) is 15.1. The number of urea groups is 1. The molecule has 7 heteroatoms. The fourth-order valence-corrected chi connectivity index (χ4v) is 2.37. The minimum Gasteiger partial charge on any atom is -0.452 e. The van der Waals surface area contributed by atoms with Gasteiger partial charge in [-0.2, -0.15) is 0 Å². The molecule has 0 aromatic heterocycles. The molecule has 0 saturated carbocycles. The third-order valence-corrected chi connectivity index (χ3v) is 3.65. The van der Waals surface area contributed by atoms with Crippen molar-refractivity contribution in [2.24, 2.45) is 0 Å². The maximum atomic E-state index is 12.3. The van der Waals surface area contributed by atoms with Crippen LogP contribution >= 0.6 is 0 Å². The van der Waals surface area contributed by atoms with Gasteiger partial charge in [-0.3, -0.25) is 10.1 Å². The van der Waals surface area contributed by atoms with Crippen LogP contribution in [0.1, 0.15) is 21.5 Å². The predicted octanol–water partition coefficient (Wildman–Crippen LogP) is 1.91. The molecule has 0 unspecified atom stereocenters. The first-order chi connectivity index (χ1) is 13.1. The molecule has 2 aromatic rings. The first-order valence-corrected chi connectivity index (χ1v) is 8.45. The fourth-order valence-electron chi connectivity index (χ4n) is 2.37. The minimum atomic E-state index is -0.709. The highest BCUT2D eigenvalue weighted by Gasteiger charge is 2.15. The Morgan fingerprint density at radius 3 is 2.41 bits per heavy atom. The van der Waals surface area contributed by atoms with E-state index in [9.17, 15) is 14.4 Å². The van der Waals surface area contributed by atoms with Crippen LogP contribution in [0.25, 0.3) is 0 Å². The number of ether oxygens (including phenoxy) is 2. The van der Waals surface area contributed by atoms with E-state index < -0.39 is 24.5 Å². The second kappa shape index (κ2) is 10.7. The van der Waals surface area contributed by atoms with E-state index in [1.165, 1.54) is 7.11 Å². The summed E-state index contributed by atoms with van der Waals surface area (Å²) in [7, 11) is 1.50. The number of methoxy groups -OCH3 is 1. The molecule has 7 nitrogen and oxygen atoms in total. The van der Waals surface area contributed by atoms with Crippen LogP contribution in [0.5, 0.6) is 0 Å². The van der Waals surface area contributed by atoms with E-state index in [1.54, 1.807) is 12.1 Å². The number of carbonyl (C=O) groups excluding carboxylic acids is 3. The Morgan fingerprint density at radius 1 is 0.963 bits per heavy atom. The summed E-state index contributed by atoms with van der Waals surface area (Å²) in [4.78, 5) is 35.5. The Balaban J connectivity index is 1.89. The summed E-state index contributed by atoms with van der Waals surface area (Å²) in [6.07, 6.45) is 0.570. The van der Waals surface area contributed by atoms with E-state index in [0.29, 0.717) is 18.6 Å². The second-order valence-corrected chi connectivity index (χ2v) is 5.69. The third-order valence-electron chi connectivity index (χ3n) is 3.65. The molecule has 0 aliphatic heterocycles. The summed E-state index contributed by atoms with van der Waals surface area (Å²) in [5.74, 6) is -1.32. The molecular weight excluding hydrogens is 348 g/mol. The standard InChI is InChI=1S/C20H22N2O5/c1-26-12-11-21-20(25)22-18(23)14-27-19(24)17-10-6-5-9-16(17)13-15-7-3-2-4-8-15/h2-10H,11-14H2,1H3,(H2,21,22,23,25). The van der Waals surface area contributed by atoms with E-state index in [1.807, 2.05) is 42.5 Å². The number of carbonyl (C=O) groups is 3. The number of amides is 3. The van der Waals surface area contributed by atoms with Crippen molar-refractivity contribution in [2.45, 2.75) is 6.42 Å². The molecule has 0 spiro atoms. The van der Waals surface area contributed by atoms with Gasteiger partial charge in [0.05, 0.1) is 12.2 Å². The van der Waals surface area contributed by atoms with Crippen molar-refractivity contribution in [3.05, 3.63) is 71.3 Å². The van der Waals surface area contributed by atoms with Crippen LogP contribution in [0.15, 0.2) is 54.6 Å². The van der Waals surface area contributed by atoms with Crippen LogP contribution in [-0.2, 0) is 20.7 Å². The summed E-state index contributed by atoms with van der Waals surface area (Å²) >= 11 is 0. The highest BCUT2D eigenvalue weighted by molar-refractivity contribution is 5.97. The van der Waals surface area contributed by atoms with Crippen LogP contribution in [0.4, 0.5) is 4.79 Å². The van der Waals surface area contributed by atoms with Gasteiger partial charge in [0.2, 0.25) is 0 Å². The van der Waals surface area contributed by atoms with Crippen LogP contribution in [0, 0.1) is 0 Å². The summed E-state index contributed by atoms with van der Waals surface area (Å²) in [5, 5.41) is 4.51. The number of rotatable bonds is 8. The predicted molar refractivity (Wildman–Crippen MR) is 99.4 cm³/mol. The Hall–Kier alpha value is -3.19. The van der Waals surface area contributed by atoms with E-state index in [4.69, 9.17) is 9.47 Å². The van der Waals surface area contributed by atoms with Crippen molar-refractivity contribution in [1.29, 1.82) is 0 Å². The van der Waals surface area contributed by atoms with Crippen LogP contribution in [0.3, 0.4) is 0 Å². The van der Waals surface area contributed by atoms with E-state index in [0.717, 1.165) is 11.1 Å². The summed E-state index contributed by atoms with van der Waals surface area (Å²) in [6, 6.07) is 16.1. The average Bonchev–Trinajstić information content (AvgIpc) is 2.67. The molecule has 2 N–H and O–H groups in total. The first-order valence-electron chi connectivity index (χ1n) is 8.45. The molecule has 0 radical (unpaired) electrons. The SMILES string of the molecule is COCCNC(=O)NC(=O)COC(=O)c1ccccc1Cc1ccccc1. The number of hydrogen-bond acceptors (Lipinski definition) is 5. The molecule has 0 heterocycles. The van der Waals surface area contributed by atoms with Gasteiger partial charge in [0.15, 0.2) is 6.61 Å². The van der Waals surface area contributed by atoms with Crippen LogP contribution in [-0.4, -0.2) is 44.8 Å². The number of hydrogen-bond donors (Lipinski definition) is 2. The smallest absolute Gasteiger partial charge is 0.338 e. The van der Waals surface area contributed by atoms with Gasteiger partial charge in [-0.15, -0.1) is 0 Å². The molecule has 27 heavy (non-hydrogen) atoms. The number of nitrogens with one attached hydrogen (secondary N) is 2. The average molecular weight is 370 g/mol. The maximum absolute atomic E-state index is 12.3. The molecule has 3 amide bonds. The Kier molecular flexibility index (Phi) is 7.99. The Morgan fingerprint density at radius 2 is 1.67 bits per heavy atom. The van der Waals surface area contributed by atoms with Crippen molar-refractivity contribution in [1.82, 2.24) is 10.6 Å². The maximum Gasteiger partial charge on any atom is 0.338 e. The van der Waals surface area contributed by atoms with Gasteiger partial charge in [0.1, 0.15) is 0 Å². The lowest BCUT2D eigenvalue weighted by Gasteiger charge is -2.10. The van der Waals surface area contributed by atoms with Crippen molar-refractivity contribution < 1.29 is 23.9 Å². The van der Waals surface area contributed by atoms with Gasteiger partial charge in [-0.1, -0.05) is 48.5 Å². The lowest BCUT2D eigenvalue weighted by atomic mass is 10.00. The van der Waals surface area contributed by atoms with Gasteiger partial charge in [-0.05, 0) is 23.6 Å². The highest BCUT2D eigenvalue weighted by Crippen LogP contribution is 2.15.